The summed E-state index contributed by atoms with van der Waals surface area (Å²) in [5, 5.41) is 7.68. The summed E-state index contributed by atoms with van der Waals surface area (Å²) < 4.78 is 2.92. The van der Waals surface area contributed by atoms with Crippen molar-refractivity contribution < 1.29 is 4.79 Å². The van der Waals surface area contributed by atoms with E-state index in [0.29, 0.717) is 13.0 Å². The summed E-state index contributed by atoms with van der Waals surface area (Å²) >= 11 is 3.55. The van der Waals surface area contributed by atoms with E-state index in [9.17, 15) is 4.79 Å². The van der Waals surface area contributed by atoms with Crippen molar-refractivity contribution in [3.05, 3.63) is 15.9 Å². The van der Waals surface area contributed by atoms with Gasteiger partial charge < -0.3 is 10.2 Å². The van der Waals surface area contributed by atoms with Crippen molar-refractivity contribution in [3.8, 4) is 0 Å². The number of likely N-dealkylation sites (tertiary alicyclic amines) is 1. The van der Waals surface area contributed by atoms with Crippen molar-refractivity contribution in [1.29, 1.82) is 0 Å². The number of carbonyl (C=O) groups is 1. The number of amides is 1. The normalized spacial score (nSPS) is 15.7. The van der Waals surface area contributed by atoms with E-state index < -0.39 is 0 Å². The molecule has 5 nitrogen and oxygen atoms in total. The highest BCUT2D eigenvalue weighted by atomic mass is 79.9. The van der Waals surface area contributed by atoms with E-state index in [1.54, 1.807) is 0 Å². The molecule has 0 aliphatic carbocycles. The molecule has 1 aliphatic heterocycles. The molecular weight excluding hydrogens is 320 g/mol. The Labute approximate surface area is 128 Å². The van der Waals surface area contributed by atoms with Crippen LogP contribution in [-0.4, -0.2) is 40.2 Å². The Morgan fingerprint density at radius 1 is 1.35 bits per heavy atom. The van der Waals surface area contributed by atoms with Gasteiger partial charge in [0.25, 0.3) is 0 Å². The largest absolute Gasteiger partial charge is 0.343 e. The second kappa shape index (κ2) is 7.22. The first-order chi connectivity index (χ1) is 9.59. The van der Waals surface area contributed by atoms with E-state index in [0.717, 1.165) is 48.3 Å². The lowest BCUT2D eigenvalue weighted by molar-refractivity contribution is -0.131. The molecule has 0 atom stereocenters. The van der Waals surface area contributed by atoms with Crippen LogP contribution >= 0.6 is 15.9 Å². The number of nitrogens with one attached hydrogen (secondary N) is 1. The van der Waals surface area contributed by atoms with Crippen LogP contribution in [0.3, 0.4) is 0 Å². The second-order valence-electron chi connectivity index (χ2n) is 5.34. The number of hydrogen-bond donors (Lipinski definition) is 1. The summed E-state index contributed by atoms with van der Waals surface area (Å²) in [7, 11) is 1.94. The summed E-state index contributed by atoms with van der Waals surface area (Å²) in [5.74, 6) is 0.275. The molecule has 20 heavy (non-hydrogen) atoms. The molecule has 0 unspecified atom stereocenters. The molecule has 112 valence electrons. The zero-order valence-corrected chi connectivity index (χ0v) is 13.9. The monoisotopic (exact) mass is 342 g/mol. The van der Waals surface area contributed by atoms with E-state index in [4.69, 9.17) is 0 Å². The minimum Gasteiger partial charge on any atom is -0.343 e. The van der Waals surface area contributed by atoms with Gasteiger partial charge in [-0.05, 0) is 42.1 Å². The van der Waals surface area contributed by atoms with Gasteiger partial charge >= 0.3 is 0 Å². The summed E-state index contributed by atoms with van der Waals surface area (Å²) in [4.78, 5) is 14.0. The van der Waals surface area contributed by atoms with Gasteiger partial charge in [-0.3, -0.25) is 9.48 Å². The smallest absolute Gasteiger partial charge is 0.223 e. The van der Waals surface area contributed by atoms with Crippen LogP contribution in [0, 0.1) is 6.92 Å². The zero-order chi connectivity index (χ0) is 14.5. The van der Waals surface area contributed by atoms with E-state index >= 15 is 0 Å². The molecular formula is C14H23BrN4O. The molecule has 0 radical (unpaired) electrons. The highest BCUT2D eigenvalue weighted by molar-refractivity contribution is 9.10. The fourth-order valence-corrected chi connectivity index (χ4v) is 3.05. The maximum absolute atomic E-state index is 12.0. The van der Waals surface area contributed by atoms with Crippen molar-refractivity contribution in [2.45, 2.75) is 39.2 Å². The number of halogens is 1. The molecule has 0 saturated carbocycles. The van der Waals surface area contributed by atoms with Crippen LogP contribution in [0.2, 0.25) is 0 Å². The molecule has 1 fully saturated rings. The van der Waals surface area contributed by atoms with Gasteiger partial charge in [0.1, 0.15) is 0 Å². The van der Waals surface area contributed by atoms with Crippen LogP contribution < -0.4 is 5.32 Å². The number of piperidine rings is 1. The maximum atomic E-state index is 12.0. The van der Waals surface area contributed by atoms with Gasteiger partial charge in [-0.1, -0.05) is 0 Å². The lowest BCUT2D eigenvalue weighted by Crippen LogP contribution is -2.37. The van der Waals surface area contributed by atoms with E-state index in [-0.39, 0.29) is 5.91 Å². The third kappa shape index (κ3) is 3.82. The molecule has 1 aromatic heterocycles. The lowest BCUT2D eigenvalue weighted by atomic mass is 10.1. The second-order valence-corrected chi connectivity index (χ2v) is 6.13. The molecule has 2 heterocycles. The van der Waals surface area contributed by atoms with Gasteiger partial charge in [0.05, 0.1) is 15.9 Å². The van der Waals surface area contributed by atoms with Crippen molar-refractivity contribution >= 4 is 21.8 Å². The lowest BCUT2D eigenvalue weighted by Gasteiger charge is -2.26. The molecule has 1 aromatic rings. The Bertz CT molecular complexity index is 466. The highest BCUT2D eigenvalue weighted by Gasteiger charge is 2.16. The summed E-state index contributed by atoms with van der Waals surface area (Å²) in [6, 6.07) is 0. The van der Waals surface area contributed by atoms with Gasteiger partial charge in [-0.15, -0.1) is 0 Å². The van der Waals surface area contributed by atoms with Crippen LogP contribution in [0.15, 0.2) is 4.47 Å². The SMILES string of the molecule is Cc1nn(C)c(CNCCC(=O)N2CCCCC2)c1Br. The van der Waals surface area contributed by atoms with Gasteiger partial charge in [-0.2, -0.15) is 5.10 Å². The molecule has 2 rings (SSSR count). The van der Waals surface area contributed by atoms with Gasteiger partial charge in [0.15, 0.2) is 0 Å². The molecule has 1 N–H and O–H groups in total. The summed E-state index contributed by atoms with van der Waals surface area (Å²) in [6.07, 6.45) is 4.14. The number of hydrogen-bond acceptors (Lipinski definition) is 3. The predicted octanol–water partition coefficient (Wildman–Crippen LogP) is 1.98. The predicted molar refractivity (Wildman–Crippen MR) is 82.4 cm³/mol. The molecule has 0 aromatic carbocycles. The first-order valence-corrected chi connectivity index (χ1v) is 8.05. The van der Waals surface area contributed by atoms with Gasteiger partial charge in [-0.25, -0.2) is 0 Å². The Kier molecular flexibility index (Phi) is 5.60. The first kappa shape index (κ1) is 15.5. The number of aryl methyl sites for hydroxylation is 2. The van der Waals surface area contributed by atoms with Crippen LogP contribution in [0.1, 0.15) is 37.1 Å². The van der Waals surface area contributed by atoms with Gasteiger partial charge in [0.2, 0.25) is 5.91 Å². The van der Waals surface area contributed by atoms with Crippen LogP contribution in [0.4, 0.5) is 0 Å². The van der Waals surface area contributed by atoms with E-state index in [2.05, 4.69) is 26.3 Å². The zero-order valence-electron chi connectivity index (χ0n) is 12.3. The average Bonchev–Trinajstić information content (AvgIpc) is 2.70. The standard InChI is InChI=1S/C14H23BrN4O/c1-11-14(15)12(18(2)17-11)10-16-7-6-13(20)19-8-4-3-5-9-19/h16H,3-10H2,1-2H3. The minimum absolute atomic E-state index is 0.275. The average molecular weight is 343 g/mol. The molecule has 0 bridgehead atoms. The van der Waals surface area contributed by atoms with Crippen LogP contribution in [0.25, 0.3) is 0 Å². The van der Waals surface area contributed by atoms with Gasteiger partial charge in [0, 0.05) is 39.6 Å². The number of carbonyl (C=O) groups excluding carboxylic acids is 1. The number of aromatic nitrogens is 2. The van der Waals surface area contributed by atoms with Crippen molar-refractivity contribution in [3.63, 3.8) is 0 Å². The quantitative estimate of drug-likeness (QED) is 0.832. The molecule has 1 aliphatic rings. The van der Waals surface area contributed by atoms with Crippen molar-refractivity contribution in [1.82, 2.24) is 20.0 Å². The highest BCUT2D eigenvalue weighted by Crippen LogP contribution is 2.19. The molecule has 6 heteroatoms. The van der Waals surface area contributed by atoms with E-state index in [1.807, 2.05) is 23.6 Å². The molecule has 0 spiro atoms. The van der Waals surface area contributed by atoms with Crippen LogP contribution in [-0.2, 0) is 18.4 Å². The van der Waals surface area contributed by atoms with Crippen LogP contribution in [0.5, 0.6) is 0 Å². The maximum Gasteiger partial charge on any atom is 0.223 e. The first-order valence-electron chi connectivity index (χ1n) is 7.26. The molecule has 1 saturated heterocycles. The summed E-state index contributed by atoms with van der Waals surface area (Å²) in [5.41, 5.74) is 2.11. The Morgan fingerprint density at radius 3 is 2.65 bits per heavy atom. The molecule has 1 amide bonds. The minimum atomic E-state index is 0.275. The topological polar surface area (TPSA) is 50.2 Å². The Hall–Kier alpha value is -0.880. The Morgan fingerprint density at radius 2 is 2.05 bits per heavy atom. The third-order valence-corrected chi connectivity index (χ3v) is 4.81. The summed E-state index contributed by atoms with van der Waals surface area (Å²) in [6.45, 7) is 5.29. The third-order valence-electron chi connectivity index (χ3n) is 3.78. The fourth-order valence-electron chi connectivity index (χ4n) is 2.58. The Balaban J connectivity index is 1.72. The van der Waals surface area contributed by atoms with Crippen molar-refractivity contribution in [2.24, 2.45) is 7.05 Å². The number of rotatable bonds is 5. The fraction of sp³-hybridized carbons (Fsp3) is 0.714. The number of nitrogens with zero attached hydrogens (tertiary/aromatic N) is 3. The van der Waals surface area contributed by atoms with Crippen molar-refractivity contribution in [2.75, 3.05) is 19.6 Å². The van der Waals surface area contributed by atoms with E-state index in [1.165, 1.54) is 6.42 Å².